The summed E-state index contributed by atoms with van der Waals surface area (Å²) in [5.41, 5.74) is 2.77. The normalized spacial score (nSPS) is 12.2. The summed E-state index contributed by atoms with van der Waals surface area (Å²) in [6.45, 7) is 7.45. The Morgan fingerprint density at radius 2 is 1.93 bits per heavy atom. The van der Waals surface area contributed by atoms with Gasteiger partial charge in [-0.15, -0.1) is 0 Å². The van der Waals surface area contributed by atoms with Crippen LogP contribution in [0.5, 0.6) is 0 Å². The average molecular weight is 203 g/mol. The minimum absolute atomic E-state index is 0.531. The van der Waals surface area contributed by atoms with E-state index in [1.165, 1.54) is 11.1 Å². The first-order valence-electron chi connectivity index (χ1n) is 5.59. The molecule has 1 rings (SSSR count). The fourth-order valence-corrected chi connectivity index (χ4v) is 1.50. The van der Waals surface area contributed by atoms with E-state index in [-0.39, 0.29) is 0 Å². The molecular weight excluding hydrogens is 182 g/mol. The molecule has 1 N–H and O–H groups in total. The van der Waals surface area contributed by atoms with Crippen molar-refractivity contribution in [1.29, 1.82) is 0 Å². The van der Waals surface area contributed by atoms with E-state index >= 15 is 0 Å². The summed E-state index contributed by atoms with van der Waals surface area (Å²) in [4.78, 5) is 0. The molecule has 1 nitrogen and oxygen atoms in total. The maximum absolute atomic E-state index is 3.49. The van der Waals surface area contributed by atoms with Crippen molar-refractivity contribution in [3.8, 4) is 0 Å². The van der Waals surface area contributed by atoms with Gasteiger partial charge in [-0.25, -0.2) is 0 Å². The lowest BCUT2D eigenvalue weighted by Gasteiger charge is -2.12. The second kappa shape index (κ2) is 6.41. The highest BCUT2D eigenvalue weighted by atomic mass is 14.9. The first-order chi connectivity index (χ1) is 7.18. The number of nitrogens with one attached hydrogen (secondary N) is 1. The van der Waals surface area contributed by atoms with Crippen molar-refractivity contribution < 1.29 is 0 Å². The fraction of sp³-hybridized carbons (Fsp3) is 0.429. The van der Waals surface area contributed by atoms with Gasteiger partial charge >= 0.3 is 0 Å². The first kappa shape index (κ1) is 12.0. The van der Waals surface area contributed by atoms with E-state index in [2.05, 4.69) is 62.5 Å². The van der Waals surface area contributed by atoms with Crippen LogP contribution in [0.4, 0.5) is 0 Å². The highest BCUT2D eigenvalue weighted by Crippen LogP contribution is 2.02. The monoisotopic (exact) mass is 203 g/mol. The molecule has 0 spiro atoms. The predicted octanol–water partition coefficient (Wildman–Crippen LogP) is 3.17. The maximum atomic E-state index is 3.49. The standard InChI is InChI=1S/C14H21N/c1-12(2)9-10-15-13(3)11-14-7-5-4-6-8-14/h4-9,13,15H,10-11H2,1-3H3. The average Bonchev–Trinajstić information content (AvgIpc) is 2.18. The van der Waals surface area contributed by atoms with Crippen LogP contribution in [0.1, 0.15) is 26.3 Å². The maximum Gasteiger partial charge on any atom is 0.0139 e. The first-order valence-corrected chi connectivity index (χ1v) is 5.59. The van der Waals surface area contributed by atoms with Gasteiger partial charge in [0, 0.05) is 12.6 Å². The quantitative estimate of drug-likeness (QED) is 0.725. The Labute approximate surface area is 93.2 Å². The molecule has 0 heterocycles. The third-order valence-corrected chi connectivity index (χ3v) is 2.36. The molecule has 1 unspecified atom stereocenters. The molecule has 82 valence electrons. The molecule has 1 heteroatoms. The largest absolute Gasteiger partial charge is 0.310 e. The van der Waals surface area contributed by atoms with Crippen LogP contribution in [0.2, 0.25) is 0 Å². The molecule has 15 heavy (non-hydrogen) atoms. The summed E-state index contributed by atoms with van der Waals surface area (Å²) in [6, 6.07) is 11.1. The Bertz CT molecular complexity index is 296. The summed E-state index contributed by atoms with van der Waals surface area (Å²) in [7, 11) is 0. The molecule has 1 aromatic rings. The third kappa shape index (κ3) is 5.38. The lowest BCUT2D eigenvalue weighted by atomic mass is 10.1. The van der Waals surface area contributed by atoms with Crippen molar-refractivity contribution in [2.24, 2.45) is 0 Å². The van der Waals surface area contributed by atoms with E-state index in [4.69, 9.17) is 0 Å². The Balaban J connectivity index is 2.30. The molecule has 1 aromatic carbocycles. The molecule has 0 aliphatic carbocycles. The second-order valence-electron chi connectivity index (χ2n) is 4.28. The van der Waals surface area contributed by atoms with Gasteiger partial charge in [-0.05, 0) is 32.8 Å². The van der Waals surface area contributed by atoms with E-state index < -0.39 is 0 Å². The Kier molecular flexibility index (Phi) is 5.13. The molecule has 0 fully saturated rings. The predicted molar refractivity (Wildman–Crippen MR) is 67.0 cm³/mol. The van der Waals surface area contributed by atoms with E-state index in [9.17, 15) is 0 Å². The Morgan fingerprint density at radius 3 is 2.53 bits per heavy atom. The lowest BCUT2D eigenvalue weighted by Crippen LogP contribution is -2.28. The van der Waals surface area contributed by atoms with Gasteiger partial charge in [0.25, 0.3) is 0 Å². The molecule has 0 saturated heterocycles. The van der Waals surface area contributed by atoms with Crippen LogP contribution in [0.15, 0.2) is 42.0 Å². The molecule has 0 radical (unpaired) electrons. The number of allylic oxidation sites excluding steroid dienone is 1. The van der Waals surface area contributed by atoms with Crippen molar-refractivity contribution in [3.63, 3.8) is 0 Å². The van der Waals surface area contributed by atoms with Gasteiger partial charge in [0.1, 0.15) is 0 Å². The number of hydrogen-bond donors (Lipinski definition) is 1. The van der Waals surface area contributed by atoms with E-state index in [1.807, 2.05) is 0 Å². The molecule has 0 amide bonds. The molecular formula is C14H21N. The summed E-state index contributed by atoms with van der Waals surface area (Å²) in [5.74, 6) is 0. The van der Waals surface area contributed by atoms with Gasteiger partial charge in [0.15, 0.2) is 0 Å². The smallest absolute Gasteiger partial charge is 0.0139 e. The molecule has 0 aromatic heterocycles. The van der Waals surface area contributed by atoms with Gasteiger partial charge in [-0.3, -0.25) is 0 Å². The van der Waals surface area contributed by atoms with Crippen LogP contribution in [0.25, 0.3) is 0 Å². The van der Waals surface area contributed by atoms with Crippen LogP contribution in [-0.2, 0) is 6.42 Å². The SMILES string of the molecule is CC(C)=CCNC(C)Cc1ccccc1. The summed E-state index contributed by atoms with van der Waals surface area (Å²) in [6.07, 6.45) is 3.32. The molecule has 0 saturated carbocycles. The second-order valence-corrected chi connectivity index (χ2v) is 4.28. The number of benzene rings is 1. The summed E-state index contributed by atoms with van der Waals surface area (Å²) < 4.78 is 0. The topological polar surface area (TPSA) is 12.0 Å². The van der Waals surface area contributed by atoms with Crippen molar-refractivity contribution in [2.45, 2.75) is 33.2 Å². The number of rotatable bonds is 5. The lowest BCUT2D eigenvalue weighted by molar-refractivity contribution is 0.580. The van der Waals surface area contributed by atoms with Crippen LogP contribution < -0.4 is 5.32 Å². The third-order valence-electron chi connectivity index (χ3n) is 2.36. The molecule has 0 bridgehead atoms. The van der Waals surface area contributed by atoms with Crippen molar-refractivity contribution in [2.75, 3.05) is 6.54 Å². The van der Waals surface area contributed by atoms with Gasteiger partial charge in [-0.2, -0.15) is 0 Å². The van der Waals surface area contributed by atoms with Gasteiger partial charge in [-0.1, -0.05) is 42.0 Å². The minimum atomic E-state index is 0.531. The Morgan fingerprint density at radius 1 is 1.27 bits per heavy atom. The van der Waals surface area contributed by atoms with Crippen molar-refractivity contribution in [3.05, 3.63) is 47.5 Å². The van der Waals surface area contributed by atoms with Gasteiger partial charge in [0.05, 0.1) is 0 Å². The Hall–Kier alpha value is -1.08. The van der Waals surface area contributed by atoms with Crippen LogP contribution in [-0.4, -0.2) is 12.6 Å². The van der Waals surface area contributed by atoms with Crippen LogP contribution >= 0.6 is 0 Å². The zero-order valence-electron chi connectivity index (χ0n) is 9.96. The van der Waals surface area contributed by atoms with Gasteiger partial charge < -0.3 is 5.32 Å². The fourth-order valence-electron chi connectivity index (χ4n) is 1.50. The highest BCUT2D eigenvalue weighted by molar-refractivity contribution is 5.15. The van der Waals surface area contributed by atoms with Gasteiger partial charge in [0.2, 0.25) is 0 Å². The molecule has 0 aliphatic rings. The van der Waals surface area contributed by atoms with Crippen molar-refractivity contribution >= 4 is 0 Å². The van der Waals surface area contributed by atoms with E-state index in [0.717, 1.165) is 13.0 Å². The number of hydrogen-bond acceptors (Lipinski definition) is 1. The van der Waals surface area contributed by atoms with Crippen LogP contribution in [0.3, 0.4) is 0 Å². The molecule has 0 aliphatic heterocycles. The van der Waals surface area contributed by atoms with E-state index in [1.54, 1.807) is 0 Å². The highest BCUT2D eigenvalue weighted by Gasteiger charge is 2.00. The summed E-state index contributed by atoms with van der Waals surface area (Å²) in [5, 5.41) is 3.49. The van der Waals surface area contributed by atoms with Crippen molar-refractivity contribution in [1.82, 2.24) is 5.32 Å². The van der Waals surface area contributed by atoms with E-state index in [0.29, 0.717) is 6.04 Å². The zero-order chi connectivity index (χ0) is 11.1. The summed E-state index contributed by atoms with van der Waals surface area (Å²) >= 11 is 0. The van der Waals surface area contributed by atoms with Crippen LogP contribution in [0, 0.1) is 0 Å². The zero-order valence-corrected chi connectivity index (χ0v) is 9.96. The molecule has 1 atom stereocenters. The minimum Gasteiger partial charge on any atom is -0.310 e.